The number of halogens is 2. The Kier molecular flexibility index (Phi) is 8.85. The first-order valence-corrected chi connectivity index (χ1v) is 8.99. The number of carbonyl (C=O) groups is 1. The number of rotatable bonds is 6. The molecule has 0 unspecified atom stereocenters. The summed E-state index contributed by atoms with van der Waals surface area (Å²) < 4.78 is 1.82. The smallest absolute Gasteiger partial charge is 0.248 e. The Morgan fingerprint density at radius 1 is 1.40 bits per heavy atom. The van der Waals surface area contributed by atoms with Gasteiger partial charge in [-0.2, -0.15) is 5.10 Å². The minimum Gasteiger partial charge on any atom is -0.354 e. The van der Waals surface area contributed by atoms with Gasteiger partial charge in [0.2, 0.25) is 5.91 Å². The topological polar surface area (TPSA) is 71.8 Å². The lowest BCUT2D eigenvalue weighted by Gasteiger charge is -2.36. The van der Waals surface area contributed by atoms with E-state index >= 15 is 0 Å². The van der Waals surface area contributed by atoms with E-state index in [1.807, 2.05) is 23.1 Å². The van der Waals surface area contributed by atoms with Gasteiger partial charge in [0.15, 0.2) is 0 Å². The third-order valence-electron chi connectivity index (χ3n) is 4.37. The van der Waals surface area contributed by atoms with Crippen molar-refractivity contribution in [1.29, 1.82) is 0 Å². The van der Waals surface area contributed by atoms with E-state index in [4.69, 9.17) is 0 Å². The minimum absolute atomic E-state index is 0. The van der Waals surface area contributed by atoms with E-state index in [0.29, 0.717) is 6.54 Å². The molecule has 1 saturated heterocycles. The minimum atomic E-state index is -0.563. The van der Waals surface area contributed by atoms with E-state index in [-0.39, 0.29) is 30.7 Å². The van der Waals surface area contributed by atoms with Gasteiger partial charge in [-0.25, -0.2) is 4.98 Å². The van der Waals surface area contributed by atoms with Gasteiger partial charge in [0.1, 0.15) is 5.54 Å². The van der Waals surface area contributed by atoms with Crippen molar-refractivity contribution in [2.24, 2.45) is 0 Å². The predicted molar refractivity (Wildman–Crippen MR) is 105 cm³/mol. The standard InChI is InChI=1S/C16H23N5OS.2ClH/c1-2-13-12-19-14(23-13)4-8-18-15(22)16(5-9-17-10-6-16)21-11-3-7-20-21;;/h3,7,11-12,17H,2,4-6,8-10H2,1H3,(H,18,22);2*1H. The number of nitrogens with zero attached hydrogens (tertiary/aromatic N) is 3. The highest BCUT2D eigenvalue weighted by Crippen LogP contribution is 2.27. The lowest BCUT2D eigenvalue weighted by molar-refractivity contribution is -0.131. The molecule has 1 aliphatic rings. The van der Waals surface area contributed by atoms with Gasteiger partial charge < -0.3 is 10.6 Å². The zero-order valence-corrected chi connectivity index (χ0v) is 16.7. The summed E-state index contributed by atoms with van der Waals surface area (Å²) >= 11 is 1.73. The summed E-state index contributed by atoms with van der Waals surface area (Å²) in [6.45, 7) is 4.41. The number of nitrogens with one attached hydrogen (secondary N) is 2. The summed E-state index contributed by atoms with van der Waals surface area (Å²) in [7, 11) is 0. The highest BCUT2D eigenvalue weighted by atomic mass is 35.5. The molecule has 1 fully saturated rings. The van der Waals surface area contributed by atoms with Gasteiger partial charge in [-0.15, -0.1) is 36.2 Å². The maximum Gasteiger partial charge on any atom is 0.248 e. The van der Waals surface area contributed by atoms with E-state index < -0.39 is 5.54 Å². The molecular formula is C16H25Cl2N5OS. The van der Waals surface area contributed by atoms with Gasteiger partial charge in [-0.3, -0.25) is 9.48 Å². The third kappa shape index (κ3) is 4.94. The number of piperidine rings is 1. The molecule has 3 heterocycles. The fourth-order valence-corrected chi connectivity index (χ4v) is 3.86. The Morgan fingerprint density at radius 2 is 2.16 bits per heavy atom. The molecule has 0 radical (unpaired) electrons. The molecule has 6 nitrogen and oxygen atoms in total. The average molecular weight is 406 g/mol. The van der Waals surface area contributed by atoms with Crippen LogP contribution in [0.2, 0.25) is 0 Å². The van der Waals surface area contributed by atoms with Crippen molar-refractivity contribution in [1.82, 2.24) is 25.4 Å². The van der Waals surface area contributed by atoms with Crippen molar-refractivity contribution in [2.45, 2.75) is 38.1 Å². The van der Waals surface area contributed by atoms with Gasteiger partial charge in [0, 0.05) is 36.4 Å². The molecule has 0 aliphatic carbocycles. The molecule has 3 rings (SSSR count). The number of thiazole rings is 1. The maximum atomic E-state index is 12.9. The molecule has 0 atom stereocenters. The van der Waals surface area contributed by atoms with E-state index in [1.165, 1.54) is 4.88 Å². The van der Waals surface area contributed by atoms with Gasteiger partial charge >= 0.3 is 0 Å². The van der Waals surface area contributed by atoms with Gasteiger partial charge in [0.25, 0.3) is 0 Å². The monoisotopic (exact) mass is 405 g/mol. The molecule has 9 heteroatoms. The first-order chi connectivity index (χ1) is 11.2. The molecule has 2 N–H and O–H groups in total. The van der Waals surface area contributed by atoms with Crippen LogP contribution in [0.3, 0.4) is 0 Å². The van der Waals surface area contributed by atoms with Gasteiger partial charge in [-0.05, 0) is 38.4 Å². The Bertz CT molecular complexity index is 641. The first kappa shape index (κ1) is 21.9. The third-order valence-corrected chi connectivity index (χ3v) is 5.57. The van der Waals surface area contributed by atoms with E-state index in [9.17, 15) is 4.79 Å². The zero-order chi connectivity index (χ0) is 16.1. The summed E-state index contributed by atoms with van der Waals surface area (Å²) in [5, 5.41) is 11.8. The van der Waals surface area contributed by atoms with E-state index in [0.717, 1.165) is 43.8 Å². The normalized spacial score (nSPS) is 15.7. The molecule has 0 aromatic carbocycles. The van der Waals surface area contributed by atoms with Crippen LogP contribution in [0.5, 0.6) is 0 Å². The Morgan fingerprint density at radius 3 is 2.76 bits per heavy atom. The predicted octanol–water partition coefficient (Wildman–Crippen LogP) is 2.18. The summed E-state index contributed by atoms with van der Waals surface area (Å²) in [6.07, 6.45) is 8.87. The van der Waals surface area contributed by atoms with Gasteiger partial charge in [-0.1, -0.05) is 6.92 Å². The van der Waals surface area contributed by atoms with Crippen molar-refractivity contribution >= 4 is 42.1 Å². The van der Waals surface area contributed by atoms with Crippen LogP contribution in [0.1, 0.15) is 29.7 Å². The highest BCUT2D eigenvalue weighted by molar-refractivity contribution is 7.11. The highest BCUT2D eigenvalue weighted by Gasteiger charge is 2.41. The molecule has 2 aromatic heterocycles. The Balaban J connectivity index is 0.00000156. The summed E-state index contributed by atoms with van der Waals surface area (Å²) in [4.78, 5) is 18.5. The second-order valence-electron chi connectivity index (χ2n) is 5.81. The largest absolute Gasteiger partial charge is 0.354 e. The van der Waals surface area contributed by atoms with Crippen LogP contribution in [0, 0.1) is 0 Å². The van der Waals surface area contributed by atoms with Crippen LogP contribution >= 0.6 is 36.2 Å². The molecule has 0 saturated carbocycles. The number of aromatic nitrogens is 3. The van der Waals surface area contributed by atoms with Crippen LogP contribution in [0.25, 0.3) is 0 Å². The fraction of sp³-hybridized carbons (Fsp3) is 0.562. The molecule has 1 amide bonds. The zero-order valence-electron chi connectivity index (χ0n) is 14.2. The number of hydrogen-bond acceptors (Lipinski definition) is 5. The van der Waals surface area contributed by atoms with Gasteiger partial charge in [0.05, 0.1) is 5.01 Å². The van der Waals surface area contributed by atoms with Crippen LogP contribution in [0.15, 0.2) is 24.7 Å². The van der Waals surface area contributed by atoms with Crippen LogP contribution < -0.4 is 10.6 Å². The first-order valence-electron chi connectivity index (χ1n) is 8.17. The molecule has 0 bridgehead atoms. The number of amides is 1. The van der Waals surface area contributed by atoms with Crippen molar-refractivity contribution in [2.75, 3.05) is 19.6 Å². The summed E-state index contributed by atoms with van der Waals surface area (Å²) in [5.41, 5.74) is -0.563. The van der Waals surface area contributed by atoms with Crippen molar-refractivity contribution in [3.63, 3.8) is 0 Å². The molecule has 2 aromatic rings. The molecule has 25 heavy (non-hydrogen) atoms. The molecule has 1 aliphatic heterocycles. The number of hydrogen-bond donors (Lipinski definition) is 2. The summed E-state index contributed by atoms with van der Waals surface area (Å²) in [5.74, 6) is 0.0648. The second kappa shape index (κ2) is 10.1. The number of aryl methyl sites for hydroxylation is 1. The lowest BCUT2D eigenvalue weighted by atomic mass is 9.87. The van der Waals surface area contributed by atoms with Crippen LogP contribution in [0.4, 0.5) is 0 Å². The molecule has 0 spiro atoms. The average Bonchev–Trinajstić information content (AvgIpc) is 3.27. The van der Waals surface area contributed by atoms with E-state index in [1.54, 1.807) is 17.5 Å². The summed E-state index contributed by atoms with van der Waals surface area (Å²) in [6, 6.07) is 1.87. The van der Waals surface area contributed by atoms with Crippen LogP contribution in [-0.2, 0) is 23.2 Å². The fourth-order valence-electron chi connectivity index (χ4n) is 3.00. The maximum absolute atomic E-state index is 12.9. The van der Waals surface area contributed by atoms with E-state index in [2.05, 4.69) is 27.6 Å². The van der Waals surface area contributed by atoms with Crippen molar-refractivity contribution < 1.29 is 4.79 Å². The van der Waals surface area contributed by atoms with Crippen molar-refractivity contribution in [3.05, 3.63) is 34.5 Å². The number of carbonyl (C=O) groups excluding carboxylic acids is 1. The van der Waals surface area contributed by atoms with Crippen LogP contribution in [-0.4, -0.2) is 40.3 Å². The quantitative estimate of drug-likeness (QED) is 0.772. The van der Waals surface area contributed by atoms with Crippen molar-refractivity contribution in [3.8, 4) is 0 Å². The molecular weight excluding hydrogens is 381 g/mol. The molecule has 140 valence electrons. The second-order valence-corrected chi connectivity index (χ2v) is 7.01. The SMILES string of the molecule is CCc1cnc(CCNC(=O)C2(n3cccn3)CCNCC2)s1.Cl.Cl. The Labute approximate surface area is 164 Å². The lowest BCUT2D eigenvalue weighted by Crippen LogP contribution is -2.54. The Hall–Kier alpha value is -1.15.